The van der Waals surface area contributed by atoms with Gasteiger partial charge in [-0.05, 0) is 18.6 Å². The van der Waals surface area contributed by atoms with E-state index in [0.717, 1.165) is 27.1 Å². The van der Waals surface area contributed by atoms with Crippen molar-refractivity contribution in [1.82, 2.24) is 4.98 Å². The zero-order valence-corrected chi connectivity index (χ0v) is 18.4. The highest BCUT2D eigenvalue weighted by Crippen LogP contribution is 2.34. The normalized spacial score (nSPS) is 19.4. The van der Waals surface area contributed by atoms with Crippen molar-refractivity contribution in [2.24, 2.45) is 10.9 Å². The Morgan fingerprint density at radius 2 is 2.11 bits per heavy atom. The van der Waals surface area contributed by atoms with Gasteiger partial charge in [0.1, 0.15) is 16.8 Å². The molecule has 2 rings (SSSR count). The van der Waals surface area contributed by atoms with E-state index in [2.05, 4.69) is 16.3 Å². The van der Waals surface area contributed by atoms with Crippen molar-refractivity contribution in [3.8, 4) is 0 Å². The Labute approximate surface area is 174 Å². The third-order valence-corrected chi connectivity index (χ3v) is 6.38. The topological polar surface area (TPSA) is 70.0 Å². The zero-order valence-electron chi connectivity index (χ0n) is 16.8. The molecule has 8 heteroatoms. The molecular formula is C20H26N2O4S2. The molecule has 152 valence electrons. The fourth-order valence-corrected chi connectivity index (χ4v) is 4.55. The van der Waals surface area contributed by atoms with E-state index in [1.807, 2.05) is 31.4 Å². The fourth-order valence-electron chi connectivity index (χ4n) is 2.62. The molecule has 0 radical (unpaired) electrons. The molecule has 28 heavy (non-hydrogen) atoms. The van der Waals surface area contributed by atoms with Gasteiger partial charge in [0.05, 0.1) is 37.1 Å². The van der Waals surface area contributed by atoms with E-state index in [-0.39, 0.29) is 18.1 Å². The number of carbonyl (C=O) groups excluding carboxylic acids is 1. The Balaban J connectivity index is 2.09. The van der Waals surface area contributed by atoms with Gasteiger partial charge in [0.15, 0.2) is 0 Å². The molecule has 0 aliphatic carbocycles. The molecule has 1 aliphatic rings. The molecule has 3 atom stereocenters. The van der Waals surface area contributed by atoms with E-state index >= 15 is 0 Å². The highest BCUT2D eigenvalue weighted by molar-refractivity contribution is 8.14. The molecule has 1 aromatic rings. The molecule has 2 heterocycles. The quantitative estimate of drug-likeness (QED) is 0.336. The number of carbonyl (C=O) groups is 1. The second kappa shape index (κ2) is 10.6. The molecule has 0 spiro atoms. The van der Waals surface area contributed by atoms with Crippen LogP contribution in [0.4, 0.5) is 0 Å². The molecule has 0 N–H and O–H groups in total. The van der Waals surface area contributed by atoms with Crippen molar-refractivity contribution in [2.75, 3.05) is 27.1 Å². The van der Waals surface area contributed by atoms with Crippen LogP contribution >= 0.6 is 23.1 Å². The zero-order chi connectivity index (χ0) is 20.7. The van der Waals surface area contributed by atoms with Crippen molar-refractivity contribution >= 4 is 40.2 Å². The number of hydrogen-bond donors (Lipinski definition) is 0. The lowest BCUT2D eigenvalue weighted by Crippen LogP contribution is -2.21. The summed E-state index contributed by atoms with van der Waals surface area (Å²) >= 11 is 3.32. The van der Waals surface area contributed by atoms with Crippen LogP contribution in [0, 0.1) is 5.92 Å². The summed E-state index contributed by atoms with van der Waals surface area (Å²) in [5.41, 5.74) is 1.85. The number of hydrogen-bond acceptors (Lipinski definition) is 8. The van der Waals surface area contributed by atoms with Gasteiger partial charge in [-0.25, -0.2) is 9.78 Å². The second-order valence-electron chi connectivity index (χ2n) is 6.27. The Hall–Kier alpha value is -1.90. The van der Waals surface area contributed by atoms with Gasteiger partial charge in [0, 0.05) is 24.2 Å². The fraction of sp³-hybridized carbons (Fsp3) is 0.450. The van der Waals surface area contributed by atoms with E-state index in [1.54, 1.807) is 30.2 Å². The lowest BCUT2D eigenvalue weighted by Gasteiger charge is -2.21. The van der Waals surface area contributed by atoms with Gasteiger partial charge in [-0.15, -0.1) is 23.1 Å². The van der Waals surface area contributed by atoms with Gasteiger partial charge in [0.25, 0.3) is 0 Å². The first-order valence-electron chi connectivity index (χ1n) is 8.76. The van der Waals surface area contributed by atoms with Crippen LogP contribution in [0.2, 0.25) is 0 Å². The number of nitrogens with zero attached hydrogens (tertiary/aromatic N) is 2. The summed E-state index contributed by atoms with van der Waals surface area (Å²) in [7, 11) is 4.47. The Morgan fingerprint density at radius 3 is 2.68 bits per heavy atom. The first-order chi connectivity index (χ1) is 13.4. The largest absolute Gasteiger partial charge is 0.500 e. The van der Waals surface area contributed by atoms with Crippen molar-refractivity contribution in [3.05, 3.63) is 46.1 Å². The van der Waals surface area contributed by atoms with Gasteiger partial charge >= 0.3 is 5.97 Å². The predicted molar refractivity (Wildman–Crippen MR) is 116 cm³/mol. The Kier molecular flexibility index (Phi) is 8.47. The minimum Gasteiger partial charge on any atom is -0.500 e. The molecule has 0 fully saturated rings. The number of thioether (sulfide) groups is 1. The Morgan fingerprint density at radius 1 is 1.36 bits per heavy atom. The highest BCUT2D eigenvalue weighted by Gasteiger charge is 2.23. The van der Waals surface area contributed by atoms with Crippen LogP contribution in [-0.4, -0.2) is 49.2 Å². The maximum absolute atomic E-state index is 11.5. The number of esters is 1. The lowest BCUT2D eigenvalue weighted by atomic mass is 10.0. The number of thiazole rings is 1. The summed E-state index contributed by atoms with van der Waals surface area (Å²) in [6.45, 7) is 7.85. The van der Waals surface area contributed by atoms with Gasteiger partial charge in [-0.1, -0.05) is 19.6 Å². The first-order valence-corrected chi connectivity index (χ1v) is 10.6. The highest BCUT2D eigenvalue weighted by atomic mass is 32.2. The van der Waals surface area contributed by atoms with Crippen LogP contribution in [0.3, 0.4) is 0 Å². The summed E-state index contributed by atoms with van der Waals surface area (Å²) < 4.78 is 15.6. The van der Waals surface area contributed by atoms with Crippen molar-refractivity contribution in [2.45, 2.75) is 26.0 Å². The molecule has 0 aromatic carbocycles. The number of ether oxygens (including phenoxy) is 3. The van der Waals surface area contributed by atoms with Gasteiger partial charge < -0.3 is 14.2 Å². The second-order valence-corrected chi connectivity index (χ2v) is 8.17. The monoisotopic (exact) mass is 422 g/mol. The van der Waals surface area contributed by atoms with Crippen LogP contribution in [-0.2, 0) is 19.0 Å². The van der Waals surface area contributed by atoms with E-state index < -0.39 is 5.97 Å². The number of aromatic nitrogens is 1. The smallest absolute Gasteiger partial charge is 0.333 e. The number of rotatable bonds is 9. The molecule has 1 aliphatic heterocycles. The first kappa shape index (κ1) is 22.4. The predicted octanol–water partition coefficient (Wildman–Crippen LogP) is 4.27. The minimum absolute atomic E-state index is 0.0871. The summed E-state index contributed by atoms with van der Waals surface area (Å²) in [5, 5.41) is 4.01. The molecule has 1 aromatic heterocycles. The third-order valence-electron chi connectivity index (χ3n) is 4.21. The van der Waals surface area contributed by atoms with Crippen LogP contribution in [0.5, 0.6) is 0 Å². The van der Waals surface area contributed by atoms with Crippen LogP contribution < -0.4 is 0 Å². The van der Waals surface area contributed by atoms with Crippen LogP contribution in [0.15, 0.2) is 40.4 Å². The molecule has 6 nitrogen and oxygen atoms in total. The van der Waals surface area contributed by atoms with E-state index in [4.69, 9.17) is 14.5 Å². The maximum Gasteiger partial charge on any atom is 0.333 e. The SMILES string of the molecule is C=C(C)C1=NC(c2nc(/C=C/[C@H](OC)[C@@H](C)/C(=C\C(=O)OC)OC)cs2)CS1. The molecule has 1 unspecified atom stereocenters. The summed E-state index contributed by atoms with van der Waals surface area (Å²) in [5.74, 6) is 0.756. The van der Waals surface area contributed by atoms with E-state index in [1.165, 1.54) is 20.3 Å². The van der Waals surface area contributed by atoms with Gasteiger partial charge in [-0.3, -0.25) is 4.99 Å². The molecule has 0 saturated carbocycles. The third kappa shape index (κ3) is 5.80. The minimum atomic E-state index is -0.462. The van der Waals surface area contributed by atoms with Gasteiger partial charge in [0.2, 0.25) is 0 Å². The number of methoxy groups -OCH3 is 3. The standard InChI is InChI=1S/C20H26N2O4S2/c1-12(2)19-22-15(11-28-19)20-21-14(10-27-20)7-8-16(24-4)13(3)17(25-5)9-18(23)26-6/h7-10,13,15-16H,1,11H2,2-6H3/b8-7+,17-9+/t13-,15?,16+/m1/s1. The van der Waals surface area contributed by atoms with Crippen molar-refractivity contribution in [1.29, 1.82) is 0 Å². The van der Waals surface area contributed by atoms with Crippen LogP contribution in [0.1, 0.15) is 30.6 Å². The van der Waals surface area contributed by atoms with Crippen molar-refractivity contribution in [3.63, 3.8) is 0 Å². The van der Waals surface area contributed by atoms with E-state index in [9.17, 15) is 4.79 Å². The summed E-state index contributed by atoms with van der Waals surface area (Å²) in [4.78, 5) is 20.9. The summed E-state index contributed by atoms with van der Waals surface area (Å²) in [6.07, 6.45) is 4.89. The number of aliphatic imine (C=N–C) groups is 1. The van der Waals surface area contributed by atoms with Crippen LogP contribution in [0.25, 0.3) is 6.08 Å². The molecule has 0 bridgehead atoms. The maximum atomic E-state index is 11.5. The van der Waals surface area contributed by atoms with E-state index in [0.29, 0.717) is 5.76 Å². The van der Waals surface area contributed by atoms with Crippen molar-refractivity contribution < 1.29 is 19.0 Å². The molecular weight excluding hydrogens is 396 g/mol. The average molecular weight is 423 g/mol. The Bertz CT molecular complexity index is 798. The average Bonchev–Trinajstić information content (AvgIpc) is 3.35. The molecule has 0 amide bonds. The van der Waals surface area contributed by atoms with Gasteiger partial charge in [-0.2, -0.15) is 0 Å². The summed E-state index contributed by atoms with van der Waals surface area (Å²) in [6, 6.07) is 0.0871. The molecule has 0 saturated heterocycles. The lowest BCUT2D eigenvalue weighted by molar-refractivity contribution is -0.135.